The maximum absolute atomic E-state index is 12.4. The van der Waals surface area contributed by atoms with Gasteiger partial charge < -0.3 is 15.8 Å². The van der Waals surface area contributed by atoms with Crippen molar-refractivity contribution in [1.29, 1.82) is 0 Å². The number of nitrogens with two attached hydrogens (primary N) is 1. The Labute approximate surface area is 118 Å². The molecule has 2 aromatic carbocycles. The highest BCUT2D eigenvalue weighted by atomic mass is 16.5. The van der Waals surface area contributed by atoms with Crippen LogP contribution in [0.4, 0.5) is 11.4 Å². The first-order valence-electron chi connectivity index (χ1n) is 6.34. The standard InChI is InChI=1S/C16H18N2O2/c1-10-8-12(17)9-11(2)15(10)18-16(19)13-6-4-5-7-14(13)20-3/h4-9H,17H2,1-3H3,(H,18,19). The lowest BCUT2D eigenvalue weighted by molar-refractivity contribution is 0.102. The van der Waals surface area contributed by atoms with Crippen molar-refractivity contribution in [3.8, 4) is 5.75 Å². The second kappa shape index (κ2) is 5.65. The summed E-state index contributed by atoms with van der Waals surface area (Å²) in [6.45, 7) is 3.84. The number of methoxy groups -OCH3 is 1. The van der Waals surface area contributed by atoms with Crippen molar-refractivity contribution < 1.29 is 9.53 Å². The van der Waals surface area contributed by atoms with Crippen LogP contribution in [0, 0.1) is 13.8 Å². The van der Waals surface area contributed by atoms with Gasteiger partial charge in [0, 0.05) is 11.4 Å². The zero-order valence-corrected chi connectivity index (χ0v) is 11.9. The Bertz CT molecular complexity index is 628. The number of nitrogens with one attached hydrogen (secondary N) is 1. The fourth-order valence-electron chi connectivity index (χ4n) is 2.21. The molecule has 0 aliphatic rings. The maximum Gasteiger partial charge on any atom is 0.259 e. The summed E-state index contributed by atoms with van der Waals surface area (Å²) in [5, 5.41) is 2.92. The summed E-state index contributed by atoms with van der Waals surface area (Å²) >= 11 is 0. The smallest absolute Gasteiger partial charge is 0.259 e. The van der Waals surface area contributed by atoms with Crippen molar-refractivity contribution in [2.75, 3.05) is 18.2 Å². The number of carbonyl (C=O) groups is 1. The van der Waals surface area contributed by atoms with Gasteiger partial charge in [-0.3, -0.25) is 4.79 Å². The first-order valence-corrected chi connectivity index (χ1v) is 6.34. The van der Waals surface area contributed by atoms with Crippen LogP contribution in [0.15, 0.2) is 36.4 Å². The number of para-hydroxylation sites is 1. The van der Waals surface area contributed by atoms with E-state index >= 15 is 0 Å². The van der Waals surface area contributed by atoms with Crippen molar-refractivity contribution >= 4 is 17.3 Å². The van der Waals surface area contributed by atoms with Crippen LogP contribution in [0.2, 0.25) is 0 Å². The van der Waals surface area contributed by atoms with Gasteiger partial charge in [-0.2, -0.15) is 0 Å². The van der Waals surface area contributed by atoms with Gasteiger partial charge in [-0.05, 0) is 49.2 Å². The molecule has 0 radical (unpaired) electrons. The number of carbonyl (C=O) groups excluding carboxylic acids is 1. The summed E-state index contributed by atoms with van der Waals surface area (Å²) in [5.74, 6) is 0.356. The number of rotatable bonds is 3. The predicted molar refractivity (Wildman–Crippen MR) is 81.3 cm³/mol. The summed E-state index contributed by atoms with van der Waals surface area (Å²) in [6, 6.07) is 10.8. The van der Waals surface area contributed by atoms with Crippen molar-refractivity contribution in [3.05, 3.63) is 53.1 Å². The summed E-state index contributed by atoms with van der Waals surface area (Å²) in [4.78, 5) is 12.4. The van der Waals surface area contributed by atoms with Gasteiger partial charge in [0.25, 0.3) is 5.91 Å². The quantitative estimate of drug-likeness (QED) is 0.842. The molecule has 0 spiro atoms. The Morgan fingerprint density at radius 1 is 1.15 bits per heavy atom. The SMILES string of the molecule is COc1ccccc1C(=O)Nc1c(C)cc(N)cc1C. The first kappa shape index (κ1) is 13.9. The number of amides is 1. The third kappa shape index (κ3) is 2.74. The van der Waals surface area contributed by atoms with Gasteiger partial charge in [0.1, 0.15) is 5.75 Å². The second-order valence-corrected chi connectivity index (χ2v) is 4.68. The summed E-state index contributed by atoms with van der Waals surface area (Å²) in [6.07, 6.45) is 0. The highest BCUT2D eigenvalue weighted by molar-refractivity contribution is 6.07. The molecule has 0 aliphatic carbocycles. The molecule has 4 nitrogen and oxygen atoms in total. The molecule has 3 N–H and O–H groups in total. The molecule has 0 aromatic heterocycles. The van der Waals surface area contributed by atoms with E-state index in [2.05, 4.69) is 5.32 Å². The van der Waals surface area contributed by atoms with Crippen LogP contribution in [0.1, 0.15) is 21.5 Å². The Hall–Kier alpha value is -2.49. The van der Waals surface area contributed by atoms with Crippen LogP contribution in [-0.4, -0.2) is 13.0 Å². The molecule has 104 valence electrons. The van der Waals surface area contributed by atoms with Gasteiger partial charge in [-0.15, -0.1) is 0 Å². The zero-order chi connectivity index (χ0) is 14.7. The molecule has 4 heteroatoms. The Morgan fingerprint density at radius 2 is 1.75 bits per heavy atom. The van der Waals surface area contributed by atoms with Crippen LogP contribution in [0.3, 0.4) is 0 Å². The lowest BCUT2D eigenvalue weighted by Crippen LogP contribution is -2.15. The largest absolute Gasteiger partial charge is 0.496 e. The molecule has 0 saturated carbocycles. The zero-order valence-electron chi connectivity index (χ0n) is 11.9. The molecule has 0 heterocycles. The normalized spacial score (nSPS) is 10.2. The molecular formula is C16H18N2O2. The number of benzene rings is 2. The number of aryl methyl sites for hydroxylation is 2. The van der Waals surface area contributed by atoms with E-state index in [9.17, 15) is 4.79 Å². The number of nitrogen functional groups attached to an aromatic ring is 1. The summed E-state index contributed by atoms with van der Waals surface area (Å²) < 4.78 is 5.20. The molecule has 1 amide bonds. The molecule has 0 atom stereocenters. The fraction of sp³-hybridized carbons (Fsp3) is 0.188. The van der Waals surface area contributed by atoms with E-state index in [0.29, 0.717) is 17.0 Å². The fourth-order valence-corrected chi connectivity index (χ4v) is 2.21. The van der Waals surface area contributed by atoms with Crippen LogP contribution >= 0.6 is 0 Å². The molecule has 0 bridgehead atoms. The number of ether oxygens (including phenoxy) is 1. The third-order valence-electron chi connectivity index (χ3n) is 3.15. The van der Waals surface area contributed by atoms with Gasteiger partial charge in [-0.25, -0.2) is 0 Å². The molecule has 0 aliphatic heterocycles. The molecule has 2 aromatic rings. The first-order chi connectivity index (χ1) is 9.52. The van der Waals surface area contributed by atoms with Gasteiger partial charge >= 0.3 is 0 Å². The van der Waals surface area contributed by atoms with Crippen LogP contribution in [-0.2, 0) is 0 Å². The average Bonchev–Trinajstić information content (AvgIpc) is 2.42. The van der Waals surface area contributed by atoms with E-state index in [1.807, 2.05) is 32.0 Å². The van der Waals surface area contributed by atoms with E-state index < -0.39 is 0 Å². The van der Waals surface area contributed by atoms with Gasteiger partial charge in [0.2, 0.25) is 0 Å². The monoisotopic (exact) mass is 270 g/mol. The van der Waals surface area contributed by atoms with Crippen LogP contribution in [0.5, 0.6) is 5.75 Å². The van der Waals surface area contributed by atoms with Crippen molar-refractivity contribution in [2.45, 2.75) is 13.8 Å². The Morgan fingerprint density at radius 3 is 2.35 bits per heavy atom. The van der Waals surface area contributed by atoms with E-state index in [-0.39, 0.29) is 5.91 Å². The van der Waals surface area contributed by atoms with Gasteiger partial charge in [0.05, 0.1) is 12.7 Å². The summed E-state index contributed by atoms with van der Waals surface area (Å²) in [5.41, 5.74) is 9.64. The van der Waals surface area contributed by atoms with Crippen LogP contribution < -0.4 is 15.8 Å². The lowest BCUT2D eigenvalue weighted by atomic mass is 10.1. The molecule has 20 heavy (non-hydrogen) atoms. The van der Waals surface area contributed by atoms with E-state index in [1.165, 1.54) is 0 Å². The molecule has 0 fully saturated rings. The minimum atomic E-state index is -0.196. The minimum Gasteiger partial charge on any atom is -0.496 e. The molecule has 2 rings (SSSR count). The molecule has 0 unspecified atom stereocenters. The van der Waals surface area contributed by atoms with E-state index in [0.717, 1.165) is 16.8 Å². The van der Waals surface area contributed by atoms with E-state index in [4.69, 9.17) is 10.5 Å². The number of anilines is 2. The molecular weight excluding hydrogens is 252 g/mol. The topological polar surface area (TPSA) is 64.3 Å². The predicted octanol–water partition coefficient (Wildman–Crippen LogP) is 3.15. The molecule has 0 saturated heterocycles. The highest BCUT2D eigenvalue weighted by Crippen LogP contribution is 2.25. The highest BCUT2D eigenvalue weighted by Gasteiger charge is 2.14. The minimum absolute atomic E-state index is 0.196. The van der Waals surface area contributed by atoms with Gasteiger partial charge in [0.15, 0.2) is 0 Å². The van der Waals surface area contributed by atoms with Crippen molar-refractivity contribution in [2.24, 2.45) is 0 Å². The Kier molecular flexibility index (Phi) is 3.94. The van der Waals surface area contributed by atoms with Gasteiger partial charge in [-0.1, -0.05) is 12.1 Å². The van der Waals surface area contributed by atoms with Crippen LogP contribution in [0.25, 0.3) is 0 Å². The van der Waals surface area contributed by atoms with E-state index in [1.54, 1.807) is 25.3 Å². The maximum atomic E-state index is 12.4. The lowest BCUT2D eigenvalue weighted by Gasteiger charge is -2.14. The van der Waals surface area contributed by atoms with Crippen molar-refractivity contribution in [1.82, 2.24) is 0 Å². The number of hydrogen-bond acceptors (Lipinski definition) is 3. The second-order valence-electron chi connectivity index (χ2n) is 4.68. The number of hydrogen-bond donors (Lipinski definition) is 2. The van der Waals surface area contributed by atoms with Crippen molar-refractivity contribution in [3.63, 3.8) is 0 Å². The summed E-state index contributed by atoms with van der Waals surface area (Å²) in [7, 11) is 1.55. The average molecular weight is 270 g/mol. The third-order valence-corrected chi connectivity index (χ3v) is 3.15. The Balaban J connectivity index is 2.33.